The van der Waals surface area contributed by atoms with E-state index >= 15 is 0 Å². The van der Waals surface area contributed by atoms with Gasteiger partial charge in [0.15, 0.2) is 0 Å². The SMILES string of the molecule is NC1CC(C(F)(F)F)CN1O. The summed E-state index contributed by atoms with van der Waals surface area (Å²) in [6, 6.07) is 0. The van der Waals surface area contributed by atoms with Crippen molar-refractivity contribution in [3.63, 3.8) is 0 Å². The molecule has 0 radical (unpaired) electrons. The van der Waals surface area contributed by atoms with E-state index in [1.165, 1.54) is 0 Å². The van der Waals surface area contributed by atoms with Gasteiger partial charge in [-0.2, -0.15) is 18.2 Å². The van der Waals surface area contributed by atoms with Crippen molar-refractivity contribution in [2.45, 2.75) is 18.8 Å². The summed E-state index contributed by atoms with van der Waals surface area (Å²) >= 11 is 0. The van der Waals surface area contributed by atoms with Gasteiger partial charge < -0.3 is 10.9 Å². The molecule has 1 aliphatic heterocycles. The first-order valence-corrected chi connectivity index (χ1v) is 3.19. The van der Waals surface area contributed by atoms with E-state index in [4.69, 9.17) is 10.9 Å². The van der Waals surface area contributed by atoms with Gasteiger partial charge in [0.05, 0.1) is 12.1 Å². The zero-order valence-electron chi connectivity index (χ0n) is 5.67. The van der Waals surface area contributed by atoms with Crippen LogP contribution >= 0.6 is 0 Å². The maximum Gasteiger partial charge on any atom is 0.393 e. The van der Waals surface area contributed by atoms with Gasteiger partial charge in [-0.15, -0.1) is 0 Å². The maximum atomic E-state index is 11.9. The first-order chi connectivity index (χ1) is 4.91. The molecule has 1 rings (SSSR count). The third-order valence-corrected chi connectivity index (χ3v) is 1.78. The van der Waals surface area contributed by atoms with Crippen LogP contribution in [-0.4, -0.2) is 29.2 Å². The van der Waals surface area contributed by atoms with Crippen LogP contribution in [0.1, 0.15) is 6.42 Å². The molecule has 0 aromatic rings. The number of hydroxylamine groups is 2. The predicted octanol–water partition coefficient (Wildman–Crippen LogP) is 0.545. The van der Waals surface area contributed by atoms with Crippen LogP contribution in [0.5, 0.6) is 0 Å². The number of hydrogen-bond donors (Lipinski definition) is 2. The Bertz CT molecular complexity index is 139. The second kappa shape index (κ2) is 2.62. The lowest BCUT2D eigenvalue weighted by Crippen LogP contribution is -2.33. The topological polar surface area (TPSA) is 49.5 Å². The molecule has 0 aromatic heterocycles. The molecule has 0 aromatic carbocycles. The lowest BCUT2D eigenvalue weighted by Gasteiger charge is -2.12. The Morgan fingerprint density at radius 3 is 2.18 bits per heavy atom. The minimum Gasteiger partial charge on any atom is -0.314 e. The molecule has 11 heavy (non-hydrogen) atoms. The van der Waals surface area contributed by atoms with E-state index in [1.54, 1.807) is 0 Å². The second-order valence-corrected chi connectivity index (χ2v) is 2.66. The molecule has 6 heteroatoms. The number of nitrogens with two attached hydrogens (primary N) is 1. The molecule has 3 N–H and O–H groups in total. The quantitative estimate of drug-likeness (QED) is 0.558. The molecule has 1 heterocycles. The molecule has 3 nitrogen and oxygen atoms in total. The van der Waals surface area contributed by atoms with Gasteiger partial charge in [-0.25, -0.2) is 0 Å². The molecule has 0 amide bonds. The first-order valence-electron chi connectivity index (χ1n) is 3.19. The van der Waals surface area contributed by atoms with E-state index in [1.807, 2.05) is 0 Å². The van der Waals surface area contributed by atoms with Crippen molar-refractivity contribution < 1.29 is 18.4 Å². The standard InChI is InChI=1S/C5H9F3N2O/c6-5(7,8)3-1-4(9)10(11)2-3/h3-4,11H,1-2,9H2. The molecule has 1 aliphatic rings. The van der Waals surface area contributed by atoms with Gasteiger partial charge >= 0.3 is 6.18 Å². The largest absolute Gasteiger partial charge is 0.393 e. The van der Waals surface area contributed by atoms with Crippen molar-refractivity contribution in [2.75, 3.05) is 6.54 Å². The Balaban J connectivity index is 2.54. The Labute approximate surface area is 61.5 Å². The van der Waals surface area contributed by atoms with Crippen LogP contribution in [-0.2, 0) is 0 Å². The average molecular weight is 170 g/mol. The molecule has 0 saturated carbocycles. The highest BCUT2D eigenvalue weighted by Gasteiger charge is 2.46. The number of hydrogen-bond acceptors (Lipinski definition) is 3. The summed E-state index contributed by atoms with van der Waals surface area (Å²) in [5, 5.41) is 9.27. The summed E-state index contributed by atoms with van der Waals surface area (Å²) in [7, 11) is 0. The van der Waals surface area contributed by atoms with E-state index < -0.39 is 24.8 Å². The molecule has 0 aliphatic carbocycles. The van der Waals surface area contributed by atoms with Gasteiger partial charge in [0, 0.05) is 6.54 Å². The number of halogens is 3. The first kappa shape index (κ1) is 8.76. The fourth-order valence-corrected chi connectivity index (χ4v) is 1.09. The third-order valence-electron chi connectivity index (χ3n) is 1.78. The molecule has 0 spiro atoms. The summed E-state index contributed by atoms with van der Waals surface area (Å²) in [6.45, 7) is -0.412. The van der Waals surface area contributed by atoms with Gasteiger partial charge in [0.1, 0.15) is 0 Å². The molecule has 1 fully saturated rings. The van der Waals surface area contributed by atoms with Gasteiger partial charge in [0.2, 0.25) is 0 Å². The zero-order valence-corrected chi connectivity index (χ0v) is 5.67. The van der Waals surface area contributed by atoms with Crippen LogP contribution in [0.4, 0.5) is 13.2 Å². The van der Waals surface area contributed by atoms with Gasteiger partial charge in [-0.3, -0.25) is 0 Å². The molecule has 2 atom stereocenters. The van der Waals surface area contributed by atoms with Crippen LogP contribution in [0.15, 0.2) is 0 Å². The highest BCUT2D eigenvalue weighted by molar-refractivity contribution is 4.81. The van der Waals surface area contributed by atoms with Gasteiger partial charge in [-0.1, -0.05) is 0 Å². The van der Waals surface area contributed by atoms with Crippen LogP contribution in [0, 0.1) is 5.92 Å². The number of rotatable bonds is 0. The van der Waals surface area contributed by atoms with Crippen molar-refractivity contribution in [3.05, 3.63) is 0 Å². The lowest BCUT2D eigenvalue weighted by molar-refractivity contribution is -0.180. The highest BCUT2D eigenvalue weighted by atomic mass is 19.4. The molecule has 0 bridgehead atoms. The summed E-state index contributed by atoms with van der Waals surface area (Å²) < 4.78 is 35.7. The van der Waals surface area contributed by atoms with E-state index in [0.29, 0.717) is 5.06 Å². The number of alkyl halides is 3. The van der Waals surface area contributed by atoms with Crippen molar-refractivity contribution >= 4 is 0 Å². The summed E-state index contributed by atoms with van der Waals surface area (Å²) in [5.41, 5.74) is 5.14. The predicted molar refractivity (Wildman–Crippen MR) is 30.6 cm³/mol. The van der Waals surface area contributed by atoms with Crippen molar-refractivity contribution in [1.82, 2.24) is 5.06 Å². The number of nitrogens with zero attached hydrogens (tertiary/aromatic N) is 1. The smallest absolute Gasteiger partial charge is 0.314 e. The Kier molecular flexibility index (Phi) is 2.08. The minimum atomic E-state index is -4.24. The Morgan fingerprint density at radius 2 is 2.00 bits per heavy atom. The van der Waals surface area contributed by atoms with Crippen LogP contribution in [0.2, 0.25) is 0 Å². The zero-order chi connectivity index (χ0) is 8.65. The van der Waals surface area contributed by atoms with Crippen LogP contribution in [0.25, 0.3) is 0 Å². The molecule has 1 saturated heterocycles. The van der Waals surface area contributed by atoms with Crippen molar-refractivity contribution in [3.8, 4) is 0 Å². The van der Waals surface area contributed by atoms with Gasteiger partial charge in [0.25, 0.3) is 0 Å². The monoisotopic (exact) mass is 170 g/mol. The fourth-order valence-electron chi connectivity index (χ4n) is 1.09. The van der Waals surface area contributed by atoms with E-state index in [-0.39, 0.29) is 6.42 Å². The van der Waals surface area contributed by atoms with E-state index in [9.17, 15) is 13.2 Å². The average Bonchev–Trinajstić information content (AvgIpc) is 2.11. The van der Waals surface area contributed by atoms with Gasteiger partial charge in [-0.05, 0) is 6.42 Å². The maximum absolute atomic E-state index is 11.9. The Morgan fingerprint density at radius 1 is 1.45 bits per heavy atom. The highest BCUT2D eigenvalue weighted by Crippen LogP contribution is 2.34. The second-order valence-electron chi connectivity index (χ2n) is 2.66. The molecular formula is C5H9F3N2O. The van der Waals surface area contributed by atoms with Crippen LogP contribution < -0.4 is 5.73 Å². The Hall–Kier alpha value is -0.330. The summed E-state index contributed by atoms with van der Waals surface area (Å²) in [5.74, 6) is -1.48. The normalized spacial score (nSPS) is 34.6. The van der Waals surface area contributed by atoms with Crippen molar-refractivity contribution in [2.24, 2.45) is 11.7 Å². The third kappa shape index (κ3) is 1.82. The van der Waals surface area contributed by atoms with E-state index in [2.05, 4.69) is 0 Å². The lowest BCUT2D eigenvalue weighted by atomic mass is 10.1. The molecule has 66 valence electrons. The van der Waals surface area contributed by atoms with Crippen LogP contribution in [0.3, 0.4) is 0 Å². The summed E-state index contributed by atoms with van der Waals surface area (Å²) in [6.07, 6.45) is -5.34. The fraction of sp³-hybridized carbons (Fsp3) is 1.00. The van der Waals surface area contributed by atoms with Crippen molar-refractivity contribution in [1.29, 1.82) is 0 Å². The minimum absolute atomic E-state index is 0.222. The molecule has 2 unspecified atom stereocenters. The summed E-state index contributed by atoms with van der Waals surface area (Å²) in [4.78, 5) is 0. The van der Waals surface area contributed by atoms with E-state index in [0.717, 1.165) is 0 Å². The molecular weight excluding hydrogens is 161 g/mol.